The molecule has 0 aliphatic carbocycles. The highest BCUT2D eigenvalue weighted by Crippen LogP contribution is 2.27. The Morgan fingerprint density at radius 1 is 1.06 bits per heavy atom. The van der Waals surface area contributed by atoms with Gasteiger partial charge in [0.15, 0.2) is 0 Å². The van der Waals surface area contributed by atoms with Crippen LogP contribution in [0.3, 0.4) is 0 Å². The molecule has 0 atom stereocenters. The molecule has 4 nitrogen and oxygen atoms in total. The molecular formula is C11H12O4S. The quantitative estimate of drug-likeness (QED) is 0.745. The zero-order chi connectivity index (χ0) is 12.0. The Balaban J connectivity index is 2.63. The summed E-state index contributed by atoms with van der Waals surface area (Å²) in [6.07, 6.45) is -0.294. The molecular weight excluding hydrogens is 228 g/mol. The Hall–Kier alpha value is -1.49. The fourth-order valence-corrected chi connectivity index (χ4v) is 2.39. The summed E-state index contributed by atoms with van der Waals surface area (Å²) in [5.41, 5.74) is 0. The van der Waals surface area contributed by atoms with Crippen molar-refractivity contribution in [3.8, 4) is 0 Å². The Kier molecular flexibility index (Phi) is 4.85. The minimum absolute atomic E-state index is 0.147. The van der Waals surface area contributed by atoms with Crippen LogP contribution in [0.2, 0.25) is 0 Å². The highest BCUT2D eigenvalue weighted by molar-refractivity contribution is 8.00. The molecule has 0 spiro atoms. The fraction of sp³-hybridized carbons (Fsp3) is 0.273. The van der Waals surface area contributed by atoms with Crippen LogP contribution < -0.4 is 0 Å². The first-order valence-corrected chi connectivity index (χ1v) is 5.61. The summed E-state index contributed by atoms with van der Waals surface area (Å²) in [6.45, 7) is 0. The predicted molar refractivity (Wildman–Crippen MR) is 60.6 cm³/mol. The molecule has 0 saturated heterocycles. The van der Waals surface area contributed by atoms with Gasteiger partial charge >= 0.3 is 11.9 Å². The van der Waals surface area contributed by atoms with Crippen LogP contribution in [0.1, 0.15) is 12.8 Å². The lowest BCUT2D eigenvalue weighted by Gasteiger charge is -2.11. The van der Waals surface area contributed by atoms with Gasteiger partial charge in [-0.05, 0) is 12.1 Å². The van der Waals surface area contributed by atoms with Crippen LogP contribution >= 0.6 is 11.8 Å². The van der Waals surface area contributed by atoms with E-state index >= 15 is 0 Å². The second kappa shape index (κ2) is 6.17. The maximum absolute atomic E-state index is 10.6. The summed E-state index contributed by atoms with van der Waals surface area (Å²) < 4.78 is 0. The molecule has 0 saturated carbocycles. The average Bonchev–Trinajstić information content (AvgIpc) is 2.16. The fourth-order valence-electron chi connectivity index (χ4n) is 1.24. The molecule has 0 amide bonds. The van der Waals surface area contributed by atoms with E-state index in [1.54, 1.807) is 0 Å². The van der Waals surface area contributed by atoms with Gasteiger partial charge in [-0.25, -0.2) is 0 Å². The van der Waals surface area contributed by atoms with Crippen molar-refractivity contribution in [1.29, 1.82) is 0 Å². The van der Waals surface area contributed by atoms with Crippen LogP contribution in [0.15, 0.2) is 35.2 Å². The van der Waals surface area contributed by atoms with E-state index in [0.29, 0.717) is 0 Å². The number of hydrogen-bond donors (Lipinski definition) is 2. The van der Waals surface area contributed by atoms with Crippen LogP contribution in [-0.2, 0) is 9.59 Å². The normalized spacial score (nSPS) is 10.3. The van der Waals surface area contributed by atoms with E-state index in [9.17, 15) is 9.59 Å². The smallest absolute Gasteiger partial charge is 0.304 e. The summed E-state index contributed by atoms with van der Waals surface area (Å²) in [5, 5.41) is 16.9. The molecule has 2 N–H and O–H groups in total. The third-order valence-corrected chi connectivity index (χ3v) is 3.06. The van der Waals surface area contributed by atoms with Gasteiger partial charge in [0, 0.05) is 10.1 Å². The highest BCUT2D eigenvalue weighted by atomic mass is 32.2. The molecule has 16 heavy (non-hydrogen) atoms. The Morgan fingerprint density at radius 2 is 1.56 bits per heavy atom. The second-order valence-electron chi connectivity index (χ2n) is 3.25. The lowest BCUT2D eigenvalue weighted by atomic mass is 10.2. The van der Waals surface area contributed by atoms with Crippen molar-refractivity contribution in [1.82, 2.24) is 0 Å². The molecule has 1 aromatic carbocycles. The maximum Gasteiger partial charge on any atom is 0.304 e. The van der Waals surface area contributed by atoms with Gasteiger partial charge in [-0.15, -0.1) is 11.8 Å². The highest BCUT2D eigenvalue weighted by Gasteiger charge is 2.17. The van der Waals surface area contributed by atoms with E-state index in [-0.39, 0.29) is 12.8 Å². The largest absolute Gasteiger partial charge is 0.481 e. The number of thioether (sulfide) groups is 1. The minimum atomic E-state index is -0.977. The number of aliphatic carboxylic acids is 2. The number of benzene rings is 1. The van der Waals surface area contributed by atoms with E-state index in [1.807, 2.05) is 30.3 Å². The van der Waals surface area contributed by atoms with Gasteiger partial charge in [-0.3, -0.25) is 9.59 Å². The molecule has 0 bridgehead atoms. The van der Waals surface area contributed by atoms with Gasteiger partial charge in [-0.1, -0.05) is 18.2 Å². The zero-order valence-corrected chi connectivity index (χ0v) is 9.31. The third kappa shape index (κ3) is 4.84. The van der Waals surface area contributed by atoms with Gasteiger partial charge in [0.1, 0.15) is 0 Å². The van der Waals surface area contributed by atoms with Gasteiger partial charge in [0.2, 0.25) is 0 Å². The summed E-state index contributed by atoms with van der Waals surface area (Å²) in [5.74, 6) is -1.95. The Bertz CT molecular complexity index is 348. The minimum Gasteiger partial charge on any atom is -0.481 e. The molecule has 0 heterocycles. The number of carboxylic acids is 2. The van der Waals surface area contributed by atoms with Crippen molar-refractivity contribution < 1.29 is 19.8 Å². The van der Waals surface area contributed by atoms with Crippen molar-refractivity contribution >= 4 is 23.7 Å². The lowest BCUT2D eigenvalue weighted by molar-refractivity contribution is -0.138. The predicted octanol–water partition coefficient (Wildman–Crippen LogP) is 2.10. The van der Waals surface area contributed by atoms with Crippen molar-refractivity contribution in [3.05, 3.63) is 30.3 Å². The standard InChI is InChI=1S/C11H12O4S/c12-10(13)6-9(7-11(14)15)16-8-4-2-1-3-5-8/h1-5,9H,6-7H2,(H,12,13)(H,14,15). The Labute approximate surface area is 97.3 Å². The maximum atomic E-state index is 10.6. The molecule has 86 valence electrons. The molecule has 0 fully saturated rings. The van der Waals surface area contributed by atoms with Gasteiger partial charge in [0.25, 0.3) is 0 Å². The molecule has 0 aromatic heterocycles. The third-order valence-electron chi connectivity index (χ3n) is 1.85. The molecule has 1 aromatic rings. The second-order valence-corrected chi connectivity index (χ2v) is 4.62. The van der Waals surface area contributed by atoms with Crippen molar-refractivity contribution in [2.45, 2.75) is 23.0 Å². The summed E-state index contributed by atoms with van der Waals surface area (Å²) in [6, 6.07) is 9.19. The molecule has 0 aliphatic rings. The molecule has 0 radical (unpaired) electrons. The van der Waals surface area contributed by atoms with Crippen molar-refractivity contribution in [2.75, 3.05) is 0 Å². The number of rotatable bonds is 6. The van der Waals surface area contributed by atoms with Crippen LogP contribution in [0.4, 0.5) is 0 Å². The topological polar surface area (TPSA) is 74.6 Å². The number of carbonyl (C=O) groups is 2. The zero-order valence-electron chi connectivity index (χ0n) is 8.50. The SMILES string of the molecule is O=C(O)CC(CC(=O)O)Sc1ccccc1. The van der Waals surface area contributed by atoms with Crippen molar-refractivity contribution in [3.63, 3.8) is 0 Å². The first kappa shape index (κ1) is 12.6. The summed E-state index contributed by atoms with van der Waals surface area (Å²) in [4.78, 5) is 22.0. The van der Waals surface area contributed by atoms with Gasteiger partial charge in [-0.2, -0.15) is 0 Å². The van der Waals surface area contributed by atoms with Crippen LogP contribution in [0, 0.1) is 0 Å². The van der Waals surface area contributed by atoms with E-state index in [0.717, 1.165) is 4.90 Å². The molecule has 5 heteroatoms. The average molecular weight is 240 g/mol. The van der Waals surface area contributed by atoms with E-state index in [4.69, 9.17) is 10.2 Å². The summed E-state index contributed by atoms with van der Waals surface area (Å²) in [7, 11) is 0. The van der Waals surface area contributed by atoms with E-state index in [1.165, 1.54) is 11.8 Å². The van der Waals surface area contributed by atoms with Crippen LogP contribution in [-0.4, -0.2) is 27.4 Å². The van der Waals surface area contributed by atoms with E-state index < -0.39 is 17.2 Å². The molecule has 1 rings (SSSR count). The Morgan fingerprint density at radius 3 is 2.00 bits per heavy atom. The monoisotopic (exact) mass is 240 g/mol. The first-order valence-electron chi connectivity index (χ1n) is 4.73. The van der Waals surface area contributed by atoms with Crippen LogP contribution in [0.25, 0.3) is 0 Å². The molecule has 0 unspecified atom stereocenters. The molecule has 0 aliphatic heterocycles. The summed E-state index contributed by atoms with van der Waals surface area (Å²) >= 11 is 1.28. The lowest BCUT2D eigenvalue weighted by Crippen LogP contribution is -2.14. The first-order chi connectivity index (χ1) is 7.58. The van der Waals surface area contributed by atoms with E-state index in [2.05, 4.69) is 0 Å². The van der Waals surface area contributed by atoms with Crippen molar-refractivity contribution in [2.24, 2.45) is 0 Å². The van der Waals surface area contributed by atoms with Crippen LogP contribution in [0.5, 0.6) is 0 Å². The van der Waals surface area contributed by atoms with Gasteiger partial charge < -0.3 is 10.2 Å². The van der Waals surface area contributed by atoms with Gasteiger partial charge in [0.05, 0.1) is 12.8 Å². The number of carboxylic acid groups (broad SMARTS) is 2. The number of hydrogen-bond acceptors (Lipinski definition) is 3.